The number of rotatable bonds is 5. The van der Waals surface area contributed by atoms with Crippen molar-refractivity contribution in [3.8, 4) is 16.9 Å². The molecule has 0 radical (unpaired) electrons. The average molecular weight is 450 g/mol. The van der Waals surface area contributed by atoms with E-state index in [4.69, 9.17) is 9.47 Å². The number of methoxy groups -OCH3 is 1. The van der Waals surface area contributed by atoms with Gasteiger partial charge in [-0.15, -0.1) is 5.10 Å². The lowest BCUT2D eigenvalue weighted by molar-refractivity contribution is -0.118. The highest BCUT2D eigenvalue weighted by molar-refractivity contribution is 5.96. The minimum atomic E-state index is -1.05. The number of hydrogen-bond donors (Lipinski definition) is 1. The minimum absolute atomic E-state index is 0.0152. The first-order valence-electron chi connectivity index (χ1n) is 9.93. The van der Waals surface area contributed by atoms with E-state index < -0.39 is 29.6 Å². The molecule has 5 rings (SSSR count). The predicted molar refractivity (Wildman–Crippen MR) is 113 cm³/mol. The van der Waals surface area contributed by atoms with Gasteiger partial charge in [-0.1, -0.05) is 18.2 Å². The van der Waals surface area contributed by atoms with E-state index in [0.717, 1.165) is 6.07 Å². The second-order valence-electron chi connectivity index (χ2n) is 7.33. The molecule has 0 saturated carbocycles. The molecule has 1 amide bonds. The zero-order chi connectivity index (χ0) is 23.1. The number of benzene rings is 2. The molecule has 10 heteroatoms. The fourth-order valence-corrected chi connectivity index (χ4v) is 3.77. The molecule has 0 unspecified atom stereocenters. The highest BCUT2D eigenvalue weighted by atomic mass is 19.2. The molecule has 1 N–H and O–H groups in total. The number of nitrogens with zero attached hydrogens (tertiary/aromatic N) is 3. The number of amides is 1. The lowest BCUT2D eigenvalue weighted by Crippen LogP contribution is -2.16. The van der Waals surface area contributed by atoms with Crippen LogP contribution in [0, 0.1) is 11.6 Å². The van der Waals surface area contributed by atoms with Crippen molar-refractivity contribution in [3.63, 3.8) is 0 Å². The Labute approximate surface area is 185 Å². The van der Waals surface area contributed by atoms with Crippen LogP contribution in [0.1, 0.15) is 28.4 Å². The van der Waals surface area contributed by atoms with Gasteiger partial charge in [-0.3, -0.25) is 10.1 Å². The first kappa shape index (κ1) is 20.6. The first-order chi connectivity index (χ1) is 15.9. The number of carbonyl (C=O) groups is 2. The zero-order valence-corrected chi connectivity index (χ0v) is 17.2. The molecule has 8 nitrogen and oxygen atoms in total. The monoisotopic (exact) mass is 450 g/mol. The van der Waals surface area contributed by atoms with E-state index in [0.29, 0.717) is 22.3 Å². The van der Waals surface area contributed by atoms with Crippen molar-refractivity contribution in [2.45, 2.75) is 12.5 Å². The Bertz CT molecular complexity index is 1420. The van der Waals surface area contributed by atoms with Gasteiger partial charge in [0.05, 0.1) is 24.7 Å². The van der Waals surface area contributed by atoms with Gasteiger partial charge >= 0.3 is 5.97 Å². The summed E-state index contributed by atoms with van der Waals surface area (Å²) in [5.74, 6) is -2.80. The van der Waals surface area contributed by atoms with E-state index in [1.807, 2.05) is 0 Å². The van der Waals surface area contributed by atoms with Crippen LogP contribution in [0.25, 0.3) is 16.8 Å². The van der Waals surface area contributed by atoms with Crippen molar-refractivity contribution in [3.05, 3.63) is 77.5 Å². The summed E-state index contributed by atoms with van der Waals surface area (Å²) in [5, 5.41) is 6.76. The van der Waals surface area contributed by atoms with Crippen LogP contribution in [-0.4, -0.2) is 33.6 Å². The van der Waals surface area contributed by atoms with Crippen LogP contribution in [0.4, 0.5) is 14.7 Å². The molecule has 33 heavy (non-hydrogen) atoms. The number of halogens is 2. The Balaban J connectivity index is 1.38. The number of pyridine rings is 1. The van der Waals surface area contributed by atoms with Gasteiger partial charge in [0, 0.05) is 17.3 Å². The average Bonchev–Trinajstić information content (AvgIpc) is 3.35. The molecular formula is C23H16F2N4O4. The molecular weight excluding hydrogens is 434 g/mol. The molecule has 0 fully saturated rings. The third-order valence-electron chi connectivity index (χ3n) is 5.30. The van der Waals surface area contributed by atoms with Crippen molar-refractivity contribution in [2.75, 3.05) is 12.4 Å². The summed E-state index contributed by atoms with van der Waals surface area (Å²) in [6.07, 6.45) is 0.656. The van der Waals surface area contributed by atoms with Gasteiger partial charge in [0.1, 0.15) is 11.9 Å². The molecule has 0 aliphatic carbocycles. The first-order valence-corrected chi connectivity index (χ1v) is 9.93. The number of ether oxygens (including phenoxy) is 2. The fraction of sp³-hybridized carbons (Fsp3) is 0.130. The van der Waals surface area contributed by atoms with Gasteiger partial charge in [0.25, 0.3) is 0 Å². The summed E-state index contributed by atoms with van der Waals surface area (Å²) in [7, 11) is 1.36. The van der Waals surface area contributed by atoms with Crippen LogP contribution >= 0.6 is 0 Å². The highest BCUT2D eigenvalue weighted by Crippen LogP contribution is 2.34. The number of anilines is 1. The third kappa shape index (κ3) is 3.65. The Morgan fingerprint density at radius 1 is 1.18 bits per heavy atom. The molecule has 2 aromatic heterocycles. The van der Waals surface area contributed by atoms with Gasteiger partial charge in [0.2, 0.25) is 11.9 Å². The molecule has 0 spiro atoms. The van der Waals surface area contributed by atoms with Gasteiger partial charge in [-0.25, -0.2) is 18.1 Å². The van der Waals surface area contributed by atoms with Gasteiger partial charge in [0.15, 0.2) is 17.3 Å². The predicted octanol–water partition coefficient (Wildman–Crippen LogP) is 3.92. The molecule has 1 atom stereocenters. The third-order valence-corrected chi connectivity index (χ3v) is 5.30. The lowest BCUT2D eigenvalue weighted by atomic mass is 10.0. The molecule has 0 saturated heterocycles. The second kappa shape index (κ2) is 7.97. The van der Waals surface area contributed by atoms with E-state index in [-0.39, 0.29) is 23.7 Å². The maximum atomic E-state index is 14.4. The van der Waals surface area contributed by atoms with Crippen molar-refractivity contribution in [1.29, 1.82) is 0 Å². The van der Waals surface area contributed by atoms with Crippen LogP contribution in [0.3, 0.4) is 0 Å². The number of cyclic esters (lactones) is 1. The maximum Gasteiger partial charge on any atom is 0.339 e. The van der Waals surface area contributed by atoms with Crippen molar-refractivity contribution in [2.24, 2.45) is 0 Å². The van der Waals surface area contributed by atoms with Gasteiger partial charge in [-0.05, 0) is 30.3 Å². The van der Waals surface area contributed by atoms with Crippen LogP contribution in [0.15, 0.2) is 54.7 Å². The van der Waals surface area contributed by atoms with Crippen molar-refractivity contribution in [1.82, 2.24) is 14.6 Å². The topological polar surface area (TPSA) is 94.8 Å². The molecule has 166 valence electrons. The van der Waals surface area contributed by atoms with E-state index in [2.05, 4.69) is 15.4 Å². The fourth-order valence-electron chi connectivity index (χ4n) is 3.77. The summed E-state index contributed by atoms with van der Waals surface area (Å²) >= 11 is 0. The Morgan fingerprint density at radius 3 is 2.82 bits per heavy atom. The summed E-state index contributed by atoms with van der Waals surface area (Å²) in [6, 6.07) is 12.3. The Hall–Kier alpha value is -4.34. The number of fused-ring (bicyclic) bond motifs is 2. The van der Waals surface area contributed by atoms with Crippen LogP contribution in [0.2, 0.25) is 0 Å². The molecule has 3 heterocycles. The molecule has 1 aliphatic heterocycles. The second-order valence-corrected chi connectivity index (χ2v) is 7.33. The Kier molecular flexibility index (Phi) is 4.97. The summed E-state index contributed by atoms with van der Waals surface area (Å²) < 4.78 is 40.0. The number of carbonyl (C=O) groups excluding carboxylic acids is 2. The summed E-state index contributed by atoms with van der Waals surface area (Å²) in [5.41, 5.74) is 1.73. The van der Waals surface area contributed by atoms with Gasteiger partial charge in [-0.2, -0.15) is 4.98 Å². The molecule has 0 bridgehead atoms. The van der Waals surface area contributed by atoms with E-state index in [1.165, 1.54) is 23.9 Å². The smallest absolute Gasteiger partial charge is 0.339 e. The normalized spacial score (nSPS) is 14.8. The zero-order valence-electron chi connectivity index (χ0n) is 17.2. The van der Waals surface area contributed by atoms with E-state index >= 15 is 0 Å². The van der Waals surface area contributed by atoms with E-state index in [1.54, 1.807) is 36.4 Å². The minimum Gasteiger partial charge on any atom is -0.496 e. The van der Waals surface area contributed by atoms with Crippen molar-refractivity contribution >= 4 is 23.5 Å². The number of nitrogens with one attached hydrogen (secondary N) is 1. The van der Waals surface area contributed by atoms with Crippen LogP contribution in [-0.2, 0) is 9.53 Å². The standard InChI is InChI=1S/C23H16F2N4O4/c1-32-16-8-7-15(24)21(25)20(16)12-6-9-18-26-23(28-29(18)11-12)27-19(30)10-17-13-4-2-3-5-14(13)22(31)33-17/h2-9,11,17H,10H2,1H3,(H,27,28,30)/t17-/m1/s1. The summed E-state index contributed by atoms with van der Waals surface area (Å²) in [4.78, 5) is 28.7. The molecule has 2 aromatic carbocycles. The van der Waals surface area contributed by atoms with Crippen LogP contribution < -0.4 is 10.1 Å². The maximum absolute atomic E-state index is 14.4. The largest absolute Gasteiger partial charge is 0.496 e. The SMILES string of the molecule is COc1ccc(F)c(F)c1-c1ccc2nc(NC(=O)C[C@H]3OC(=O)c4ccccc43)nn2c1. The molecule has 4 aromatic rings. The highest BCUT2D eigenvalue weighted by Gasteiger charge is 2.32. The number of hydrogen-bond acceptors (Lipinski definition) is 6. The quantitative estimate of drug-likeness (QED) is 0.463. The Morgan fingerprint density at radius 2 is 2.00 bits per heavy atom. The van der Waals surface area contributed by atoms with Crippen LogP contribution in [0.5, 0.6) is 5.75 Å². The van der Waals surface area contributed by atoms with E-state index in [9.17, 15) is 18.4 Å². The number of esters is 1. The molecule has 1 aliphatic rings. The lowest BCUT2D eigenvalue weighted by Gasteiger charge is -2.10. The van der Waals surface area contributed by atoms with Gasteiger partial charge < -0.3 is 9.47 Å². The summed E-state index contributed by atoms with van der Waals surface area (Å²) in [6.45, 7) is 0. The number of aromatic nitrogens is 3. The van der Waals surface area contributed by atoms with Crippen molar-refractivity contribution < 1.29 is 27.8 Å².